The zero-order chi connectivity index (χ0) is 13.4. The molecule has 1 aromatic rings. The van der Waals surface area contributed by atoms with Crippen LogP contribution in [-0.4, -0.2) is 50.5 Å². The summed E-state index contributed by atoms with van der Waals surface area (Å²) < 4.78 is 10.8. The van der Waals surface area contributed by atoms with Gasteiger partial charge in [0.2, 0.25) is 6.79 Å². The Balaban J connectivity index is 1.84. The highest BCUT2D eigenvalue weighted by molar-refractivity contribution is 5.58. The monoisotopic (exact) mass is 263 g/mol. The van der Waals surface area contributed by atoms with E-state index in [2.05, 4.69) is 35.9 Å². The SMILES string of the molecule is CC1CN(C)C(CN)CN1c1ccc2c(c1)OCO2. The molecule has 0 saturated carbocycles. The van der Waals surface area contributed by atoms with Crippen LogP contribution in [0.2, 0.25) is 0 Å². The minimum absolute atomic E-state index is 0.322. The second-order valence-corrected chi connectivity index (χ2v) is 5.37. The maximum atomic E-state index is 5.86. The molecular weight excluding hydrogens is 242 g/mol. The van der Waals surface area contributed by atoms with E-state index in [0.717, 1.165) is 24.6 Å². The van der Waals surface area contributed by atoms with Crippen LogP contribution in [0.25, 0.3) is 0 Å². The van der Waals surface area contributed by atoms with Crippen LogP contribution in [0.15, 0.2) is 18.2 Å². The molecule has 19 heavy (non-hydrogen) atoms. The highest BCUT2D eigenvalue weighted by Gasteiger charge is 2.29. The molecule has 0 spiro atoms. The Labute approximate surface area is 113 Å². The van der Waals surface area contributed by atoms with Crippen molar-refractivity contribution in [1.29, 1.82) is 0 Å². The Bertz CT molecular complexity index is 466. The van der Waals surface area contributed by atoms with Gasteiger partial charge in [-0.15, -0.1) is 0 Å². The molecule has 2 N–H and O–H groups in total. The second-order valence-electron chi connectivity index (χ2n) is 5.37. The normalized spacial score (nSPS) is 26.8. The molecule has 1 fully saturated rings. The molecule has 2 aliphatic heterocycles. The highest BCUT2D eigenvalue weighted by Crippen LogP contribution is 2.36. The van der Waals surface area contributed by atoms with Gasteiger partial charge in [-0.25, -0.2) is 0 Å². The Morgan fingerprint density at radius 1 is 1.26 bits per heavy atom. The summed E-state index contributed by atoms with van der Waals surface area (Å²) in [6.07, 6.45) is 0. The van der Waals surface area contributed by atoms with Crippen LogP contribution < -0.4 is 20.1 Å². The molecule has 0 aliphatic carbocycles. The smallest absolute Gasteiger partial charge is 0.231 e. The minimum atomic E-state index is 0.322. The van der Waals surface area contributed by atoms with Gasteiger partial charge < -0.3 is 20.1 Å². The van der Waals surface area contributed by atoms with Gasteiger partial charge in [-0.05, 0) is 26.1 Å². The third kappa shape index (κ3) is 2.24. The van der Waals surface area contributed by atoms with Gasteiger partial charge in [-0.1, -0.05) is 0 Å². The molecule has 104 valence electrons. The number of piperazine rings is 1. The summed E-state index contributed by atoms with van der Waals surface area (Å²) in [5.41, 5.74) is 7.04. The first-order valence-corrected chi connectivity index (χ1v) is 6.75. The van der Waals surface area contributed by atoms with E-state index in [9.17, 15) is 0 Å². The van der Waals surface area contributed by atoms with Crippen LogP contribution in [0, 0.1) is 0 Å². The lowest BCUT2D eigenvalue weighted by Crippen LogP contribution is -2.58. The number of ether oxygens (including phenoxy) is 2. The van der Waals surface area contributed by atoms with E-state index in [1.165, 1.54) is 5.69 Å². The minimum Gasteiger partial charge on any atom is -0.454 e. The predicted molar refractivity (Wildman–Crippen MR) is 74.8 cm³/mol. The quantitative estimate of drug-likeness (QED) is 0.858. The number of fused-ring (bicyclic) bond motifs is 1. The van der Waals surface area contributed by atoms with Gasteiger partial charge in [0.1, 0.15) is 0 Å². The lowest BCUT2D eigenvalue weighted by molar-refractivity contribution is 0.174. The van der Waals surface area contributed by atoms with E-state index in [1.807, 2.05) is 6.07 Å². The summed E-state index contributed by atoms with van der Waals surface area (Å²) in [6.45, 7) is 5.23. The molecule has 3 rings (SSSR count). The van der Waals surface area contributed by atoms with Crippen molar-refractivity contribution in [2.45, 2.75) is 19.0 Å². The van der Waals surface area contributed by atoms with Crippen molar-refractivity contribution in [3.8, 4) is 11.5 Å². The molecule has 2 unspecified atom stereocenters. The Hall–Kier alpha value is -1.46. The average Bonchev–Trinajstić information content (AvgIpc) is 2.86. The highest BCUT2D eigenvalue weighted by atomic mass is 16.7. The summed E-state index contributed by atoms with van der Waals surface area (Å²) in [5.74, 6) is 1.67. The largest absolute Gasteiger partial charge is 0.454 e. The topological polar surface area (TPSA) is 51.0 Å². The van der Waals surface area contributed by atoms with E-state index in [1.54, 1.807) is 0 Å². The van der Waals surface area contributed by atoms with Crippen LogP contribution in [0.3, 0.4) is 0 Å². The number of likely N-dealkylation sites (N-methyl/N-ethyl adjacent to an activating group) is 1. The maximum absolute atomic E-state index is 5.86. The molecule has 5 nitrogen and oxygen atoms in total. The fourth-order valence-electron chi connectivity index (χ4n) is 2.89. The summed E-state index contributed by atoms with van der Waals surface area (Å²) in [5, 5.41) is 0. The summed E-state index contributed by atoms with van der Waals surface area (Å²) in [4.78, 5) is 4.74. The van der Waals surface area contributed by atoms with E-state index < -0.39 is 0 Å². The van der Waals surface area contributed by atoms with Gasteiger partial charge in [0, 0.05) is 43.5 Å². The first-order chi connectivity index (χ1) is 9.19. The summed E-state index contributed by atoms with van der Waals surface area (Å²) in [6, 6.07) is 7.02. The van der Waals surface area contributed by atoms with Crippen LogP contribution in [0.5, 0.6) is 11.5 Å². The third-order valence-corrected chi connectivity index (χ3v) is 4.07. The number of anilines is 1. The molecule has 2 atom stereocenters. The lowest BCUT2D eigenvalue weighted by Gasteiger charge is -2.44. The Morgan fingerprint density at radius 2 is 2.05 bits per heavy atom. The molecular formula is C14H21N3O2. The number of benzene rings is 1. The molecule has 1 saturated heterocycles. The van der Waals surface area contributed by atoms with Crippen molar-refractivity contribution in [1.82, 2.24) is 4.90 Å². The van der Waals surface area contributed by atoms with Crippen molar-refractivity contribution >= 4 is 5.69 Å². The Kier molecular flexibility index (Phi) is 3.24. The van der Waals surface area contributed by atoms with Gasteiger partial charge in [0.05, 0.1) is 0 Å². The van der Waals surface area contributed by atoms with Crippen molar-refractivity contribution in [3.63, 3.8) is 0 Å². The molecule has 1 aromatic carbocycles. The number of nitrogens with zero attached hydrogens (tertiary/aromatic N) is 2. The number of nitrogens with two attached hydrogens (primary N) is 1. The van der Waals surface area contributed by atoms with Gasteiger partial charge in [0.15, 0.2) is 11.5 Å². The van der Waals surface area contributed by atoms with Crippen molar-refractivity contribution < 1.29 is 9.47 Å². The maximum Gasteiger partial charge on any atom is 0.231 e. The van der Waals surface area contributed by atoms with Crippen molar-refractivity contribution in [2.75, 3.05) is 38.4 Å². The molecule has 2 heterocycles. The average molecular weight is 263 g/mol. The fraction of sp³-hybridized carbons (Fsp3) is 0.571. The van der Waals surface area contributed by atoms with Gasteiger partial charge in [-0.2, -0.15) is 0 Å². The number of hydrogen-bond donors (Lipinski definition) is 1. The number of hydrogen-bond acceptors (Lipinski definition) is 5. The van der Waals surface area contributed by atoms with Crippen molar-refractivity contribution in [3.05, 3.63) is 18.2 Å². The van der Waals surface area contributed by atoms with Crippen LogP contribution in [-0.2, 0) is 0 Å². The van der Waals surface area contributed by atoms with Gasteiger partial charge >= 0.3 is 0 Å². The van der Waals surface area contributed by atoms with E-state index in [-0.39, 0.29) is 0 Å². The third-order valence-electron chi connectivity index (χ3n) is 4.07. The van der Waals surface area contributed by atoms with Crippen LogP contribution in [0.4, 0.5) is 5.69 Å². The van der Waals surface area contributed by atoms with Crippen molar-refractivity contribution in [2.24, 2.45) is 5.73 Å². The zero-order valence-electron chi connectivity index (χ0n) is 11.5. The van der Waals surface area contributed by atoms with E-state index in [4.69, 9.17) is 15.2 Å². The number of rotatable bonds is 2. The first-order valence-electron chi connectivity index (χ1n) is 6.75. The fourth-order valence-corrected chi connectivity index (χ4v) is 2.89. The van der Waals surface area contributed by atoms with Gasteiger partial charge in [0.25, 0.3) is 0 Å². The summed E-state index contributed by atoms with van der Waals surface area (Å²) >= 11 is 0. The molecule has 0 bridgehead atoms. The molecule has 0 aromatic heterocycles. The Morgan fingerprint density at radius 3 is 2.84 bits per heavy atom. The standard InChI is InChI=1S/C14H21N3O2/c1-10-7-16(2)12(6-15)8-17(10)11-3-4-13-14(5-11)19-9-18-13/h3-5,10,12H,6-9,15H2,1-2H3. The second kappa shape index (κ2) is 4.90. The molecule has 5 heteroatoms. The first kappa shape index (κ1) is 12.6. The molecule has 2 aliphatic rings. The molecule has 0 radical (unpaired) electrons. The molecule has 0 amide bonds. The van der Waals surface area contributed by atoms with Crippen LogP contribution in [0.1, 0.15) is 6.92 Å². The predicted octanol–water partition coefficient (Wildman–Crippen LogP) is 0.883. The van der Waals surface area contributed by atoms with Crippen LogP contribution >= 0.6 is 0 Å². The van der Waals surface area contributed by atoms with E-state index in [0.29, 0.717) is 25.4 Å². The van der Waals surface area contributed by atoms with E-state index >= 15 is 0 Å². The van der Waals surface area contributed by atoms with Gasteiger partial charge in [-0.3, -0.25) is 4.90 Å². The summed E-state index contributed by atoms with van der Waals surface area (Å²) in [7, 11) is 2.14. The zero-order valence-corrected chi connectivity index (χ0v) is 11.5. The lowest BCUT2D eigenvalue weighted by atomic mass is 10.1.